The third-order valence-corrected chi connectivity index (χ3v) is 2.38. The molecule has 0 aliphatic carbocycles. The third kappa shape index (κ3) is 3.73. The zero-order valence-corrected chi connectivity index (χ0v) is 7.77. The number of hydrogen-bond donors (Lipinski definition) is 1. The maximum Gasteiger partial charge on any atom is -0.00200 e. The Morgan fingerprint density at radius 3 is 2.82 bits per heavy atom. The van der Waals surface area contributed by atoms with Crippen LogP contribution in [-0.2, 0) is 0 Å². The molecule has 1 N–H and O–H groups in total. The Morgan fingerprint density at radius 1 is 1.45 bits per heavy atom. The van der Waals surface area contributed by atoms with Crippen molar-refractivity contribution >= 4 is 0 Å². The fraction of sp³-hybridized carbons (Fsp3) is 1.00. The summed E-state index contributed by atoms with van der Waals surface area (Å²) in [6.07, 6.45) is 4.17. The Balaban J connectivity index is 2.05. The van der Waals surface area contributed by atoms with Crippen molar-refractivity contribution in [2.45, 2.75) is 19.3 Å². The average molecular weight is 156 g/mol. The molecule has 1 saturated heterocycles. The van der Waals surface area contributed by atoms with E-state index in [1.165, 1.54) is 38.9 Å². The van der Waals surface area contributed by atoms with Gasteiger partial charge in [0.05, 0.1) is 0 Å². The number of piperidine rings is 1. The Kier molecular flexibility index (Phi) is 3.87. The van der Waals surface area contributed by atoms with E-state index in [1.54, 1.807) is 0 Å². The lowest BCUT2D eigenvalue weighted by molar-refractivity contribution is 0.303. The van der Waals surface area contributed by atoms with Gasteiger partial charge in [-0.05, 0) is 58.9 Å². The maximum atomic E-state index is 3.44. The van der Waals surface area contributed by atoms with Crippen LogP contribution in [0.3, 0.4) is 0 Å². The molecule has 0 bridgehead atoms. The van der Waals surface area contributed by atoms with Crippen LogP contribution >= 0.6 is 0 Å². The molecule has 1 heterocycles. The summed E-state index contributed by atoms with van der Waals surface area (Å²) in [7, 11) is 4.30. The first-order valence-corrected chi connectivity index (χ1v) is 4.64. The van der Waals surface area contributed by atoms with Gasteiger partial charge >= 0.3 is 0 Å². The van der Waals surface area contributed by atoms with Gasteiger partial charge in [0.25, 0.3) is 0 Å². The van der Waals surface area contributed by atoms with Crippen molar-refractivity contribution in [3.05, 3.63) is 0 Å². The zero-order valence-electron chi connectivity index (χ0n) is 7.77. The van der Waals surface area contributed by atoms with Crippen LogP contribution in [0.1, 0.15) is 19.3 Å². The minimum absolute atomic E-state index is 0.936. The van der Waals surface area contributed by atoms with Gasteiger partial charge in [0.15, 0.2) is 0 Å². The monoisotopic (exact) mass is 156 g/mol. The topological polar surface area (TPSA) is 15.3 Å². The van der Waals surface area contributed by atoms with E-state index in [4.69, 9.17) is 0 Å². The minimum atomic E-state index is 0.936. The molecule has 0 unspecified atom stereocenters. The highest BCUT2D eigenvalue weighted by atomic mass is 15.0. The van der Waals surface area contributed by atoms with Gasteiger partial charge in [-0.3, -0.25) is 0 Å². The summed E-state index contributed by atoms with van der Waals surface area (Å²) in [6.45, 7) is 3.72. The second kappa shape index (κ2) is 4.73. The fourth-order valence-corrected chi connectivity index (χ4v) is 1.61. The number of hydrogen-bond acceptors (Lipinski definition) is 2. The molecular weight excluding hydrogens is 136 g/mol. The normalized spacial score (nSPS) is 25.9. The van der Waals surface area contributed by atoms with Crippen LogP contribution in [0.2, 0.25) is 0 Å². The van der Waals surface area contributed by atoms with E-state index < -0.39 is 0 Å². The van der Waals surface area contributed by atoms with Gasteiger partial charge in [-0.15, -0.1) is 0 Å². The van der Waals surface area contributed by atoms with Gasteiger partial charge in [-0.1, -0.05) is 0 Å². The third-order valence-electron chi connectivity index (χ3n) is 2.38. The van der Waals surface area contributed by atoms with Crippen LogP contribution in [0.5, 0.6) is 0 Å². The molecular formula is C9H20N2. The molecule has 0 spiro atoms. The maximum absolute atomic E-state index is 3.44. The molecule has 0 aromatic rings. The van der Waals surface area contributed by atoms with Gasteiger partial charge in [0.2, 0.25) is 0 Å². The molecule has 11 heavy (non-hydrogen) atoms. The SMILES string of the molecule is CN(C)CC[C@@H]1CCCNC1. The van der Waals surface area contributed by atoms with Gasteiger partial charge in [-0.2, -0.15) is 0 Å². The van der Waals surface area contributed by atoms with E-state index in [0.717, 1.165) is 5.92 Å². The molecule has 0 aromatic carbocycles. The van der Waals surface area contributed by atoms with Crippen molar-refractivity contribution in [3.8, 4) is 0 Å². The first-order chi connectivity index (χ1) is 5.29. The summed E-state index contributed by atoms with van der Waals surface area (Å²) < 4.78 is 0. The van der Waals surface area contributed by atoms with E-state index in [1.807, 2.05) is 0 Å². The summed E-state index contributed by atoms with van der Waals surface area (Å²) in [6, 6.07) is 0. The Bertz CT molecular complexity index is 95.7. The van der Waals surface area contributed by atoms with E-state index in [2.05, 4.69) is 24.3 Å². The Morgan fingerprint density at radius 2 is 2.27 bits per heavy atom. The van der Waals surface area contributed by atoms with Crippen LogP contribution in [0, 0.1) is 5.92 Å². The largest absolute Gasteiger partial charge is 0.316 e. The molecule has 0 saturated carbocycles. The highest BCUT2D eigenvalue weighted by Gasteiger charge is 2.11. The quantitative estimate of drug-likeness (QED) is 0.654. The number of nitrogens with one attached hydrogen (secondary N) is 1. The smallest absolute Gasteiger partial charge is 0.00200 e. The molecule has 2 nitrogen and oxygen atoms in total. The summed E-state index contributed by atoms with van der Waals surface area (Å²) in [5, 5.41) is 3.44. The van der Waals surface area contributed by atoms with E-state index >= 15 is 0 Å². The first-order valence-electron chi connectivity index (χ1n) is 4.64. The second-order valence-electron chi connectivity index (χ2n) is 3.80. The van der Waals surface area contributed by atoms with Gasteiger partial charge in [0, 0.05) is 0 Å². The van der Waals surface area contributed by atoms with E-state index in [-0.39, 0.29) is 0 Å². The predicted molar refractivity (Wildman–Crippen MR) is 48.8 cm³/mol. The zero-order chi connectivity index (χ0) is 8.10. The van der Waals surface area contributed by atoms with Crippen molar-refractivity contribution < 1.29 is 0 Å². The summed E-state index contributed by atoms with van der Waals surface area (Å²) in [5.74, 6) is 0.936. The lowest BCUT2D eigenvalue weighted by atomic mass is 9.96. The summed E-state index contributed by atoms with van der Waals surface area (Å²) in [5.41, 5.74) is 0. The minimum Gasteiger partial charge on any atom is -0.316 e. The van der Waals surface area contributed by atoms with Crippen molar-refractivity contribution in [3.63, 3.8) is 0 Å². The molecule has 2 heteroatoms. The van der Waals surface area contributed by atoms with E-state index in [0.29, 0.717) is 0 Å². The van der Waals surface area contributed by atoms with Crippen LogP contribution in [0.15, 0.2) is 0 Å². The van der Waals surface area contributed by atoms with E-state index in [9.17, 15) is 0 Å². The predicted octanol–water partition coefficient (Wildman–Crippen LogP) is 0.938. The highest BCUT2D eigenvalue weighted by molar-refractivity contribution is 4.69. The molecule has 1 rings (SSSR count). The molecule has 66 valence electrons. The summed E-state index contributed by atoms with van der Waals surface area (Å²) >= 11 is 0. The lowest BCUT2D eigenvalue weighted by Crippen LogP contribution is -2.31. The number of rotatable bonds is 3. The Hall–Kier alpha value is -0.0800. The van der Waals surface area contributed by atoms with Crippen molar-refractivity contribution in [1.82, 2.24) is 10.2 Å². The van der Waals surface area contributed by atoms with Crippen molar-refractivity contribution in [2.24, 2.45) is 5.92 Å². The van der Waals surface area contributed by atoms with Crippen molar-refractivity contribution in [1.29, 1.82) is 0 Å². The molecule has 0 amide bonds. The van der Waals surface area contributed by atoms with Gasteiger partial charge < -0.3 is 10.2 Å². The lowest BCUT2D eigenvalue weighted by Gasteiger charge is -2.23. The molecule has 1 aliphatic rings. The van der Waals surface area contributed by atoms with Crippen molar-refractivity contribution in [2.75, 3.05) is 33.7 Å². The number of nitrogens with zero attached hydrogens (tertiary/aromatic N) is 1. The molecule has 1 atom stereocenters. The van der Waals surface area contributed by atoms with Crippen LogP contribution < -0.4 is 5.32 Å². The molecule has 0 aromatic heterocycles. The standard InChI is InChI=1S/C9H20N2/c1-11(2)7-5-9-4-3-6-10-8-9/h9-10H,3-8H2,1-2H3/t9-/m0/s1. The fourth-order valence-electron chi connectivity index (χ4n) is 1.61. The molecule has 1 fully saturated rings. The van der Waals surface area contributed by atoms with Gasteiger partial charge in [0.1, 0.15) is 0 Å². The van der Waals surface area contributed by atoms with Gasteiger partial charge in [-0.25, -0.2) is 0 Å². The average Bonchev–Trinajstić information content (AvgIpc) is 2.03. The van der Waals surface area contributed by atoms with Crippen LogP contribution in [0.25, 0.3) is 0 Å². The Labute approximate surface area is 70.0 Å². The first kappa shape index (κ1) is 9.01. The van der Waals surface area contributed by atoms with Crippen LogP contribution in [0.4, 0.5) is 0 Å². The summed E-state index contributed by atoms with van der Waals surface area (Å²) in [4.78, 5) is 2.27. The second-order valence-corrected chi connectivity index (χ2v) is 3.80. The van der Waals surface area contributed by atoms with Crippen LogP contribution in [-0.4, -0.2) is 38.6 Å². The molecule has 0 radical (unpaired) electrons. The molecule has 1 aliphatic heterocycles. The highest BCUT2D eigenvalue weighted by Crippen LogP contribution is 2.13.